The lowest BCUT2D eigenvalue weighted by molar-refractivity contribution is 0.102. The SMILES string of the molecule is O=C(Nc1ccc2c(c1)OCCO2)c1cc(-c2ccc(Br)cc2)n[nH]1. The van der Waals surface area contributed by atoms with E-state index in [1.165, 1.54) is 0 Å². The van der Waals surface area contributed by atoms with Crippen LogP contribution in [0.15, 0.2) is 53.0 Å². The summed E-state index contributed by atoms with van der Waals surface area (Å²) in [7, 11) is 0. The Morgan fingerprint density at radius 3 is 2.60 bits per heavy atom. The van der Waals surface area contributed by atoms with Crippen LogP contribution in [0.1, 0.15) is 10.5 Å². The fraction of sp³-hybridized carbons (Fsp3) is 0.111. The summed E-state index contributed by atoms with van der Waals surface area (Å²) < 4.78 is 12.0. The van der Waals surface area contributed by atoms with Gasteiger partial charge in [0.25, 0.3) is 5.91 Å². The van der Waals surface area contributed by atoms with Crippen LogP contribution in [-0.4, -0.2) is 29.3 Å². The van der Waals surface area contributed by atoms with E-state index >= 15 is 0 Å². The van der Waals surface area contributed by atoms with Crippen molar-refractivity contribution < 1.29 is 14.3 Å². The van der Waals surface area contributed by atoms with E-state index in [9.17, 15) is 4.79 Å². The maximum atomic E-state index is 12.4. The van der Waals surface area contributed by atoms with E-state index in [0.29, 0.717) is 41.8 Å². The summed E-state index contributed by atoms with van der Waals surface area (Å²) in [6.45, 7) is 1.03. The van der Waals surface area contributed by atoms with Gasteiger partial charge in [-0.25, -0.2) is 0 Å². The number of aromatic nitrogens is 2. The number of halogens is 1. The Morgan fingerprint density at radius 1 is 1.04 bits per heavy atom. The number of fused-ring (bicyclic) bond motifs is 1. The molecule has 0 spiro atoms. The van der Waals surface area contributed by atoms with Gasteiger partial charge >= 0.3 is 0 Å². The van der Waals surface area contributed by atoms with Crippen molar-refractivity contribution in [2.45, 2.75) is 0 Å². The number of nitrogens with one attached hydrogen (secondary N) is 2. The Kier molecular flexibility index (Phi) is 4.15. The van der Waals surface area contributed by atoms with Crippen LogP contribution in [0, 0.1) is 0 Å². The van der Waals surface area contributed by atoms with Gasteiger partial charge in [0.15, 0.2) is 11.5 Å². The summed E-state index contributed by atoms with van der Waals surface area (Å²) in [5.41, 5.74) is 2.65. The Morgan fingerprint density at radius 2 is 1.80 bits per heavy atom. The first-order chi connectivity index (χ1) is 12.2. The number of aromatic amines is 1. The van der Waals surface area contributed by atoms with E-state index in [1.54, 1.807) is 24.3 Å². The smallest absolute Gasteiger partial charge is 0.273 e. The first kappa shape index (κ1) is 15.7. The van der Waals surface area contributed by atoms with Crippen LogP contribution >= 0.6 is 15.9 Å². The lowest BCUT2D eigenvalue weighted by atomic mass is 10.1. The van der Waals surface area contributed by atoms with Gasteiger partial charge in [-0.2, -0.15) is 5.10 Å². The van der Waals surface area contributed by atoms with Gasteiger partial charge in [0.1, 0.15) is 18.9 Å². The van der Waals surface area contributed by atoms with Crippen molar-refractivity contribution in [2.24, 2.45) is 0 Å². The molecule has 25 heavy (non-hydrogen) atoms. The minimum absolute atomic E-state index is 0.271. The van der Waals surface area contributed by atoms with Crippen LogP contribution in [0.5, 0.6) is 11.5 Å². The minimum atomic E-state index is -0.271. The number of H-pyrrole nitrogens is 1. The fourth-order valence-corrected chi connectivity index (χ4v) is 2.79. The molecule has 0 aliphatic carbocycles. The summed E-state index contributed by atoms with van der Waals surface area (Å²) in [5.74, 6) is 1.04. The third kappa shape index (κ3) is 3.36. The molecule has 1 amide bonds. The fourth-order valence-electron chi connectivity index (χ4n) is 2.53. The molecular weight excluding hydrogens is 386 g/mol. The molecule has 126 valence electrons. The molecule has 6 nitrogen and oxygen atoms in total. The van der Waals surface area contributed by atoms with Crippen LogP contribution < -0.4 is 14.8 Å². The third-order valence-corrected chi connectivity index (χ3v) is 4.29. The summed E-state index contributed by atoms with van der Waals surface area (Å²) >= 11 is 3.40. The minimum Gasteiger partial charge on any atom is -0.486 e. The van der Waals surface area contributed by atoms with Crippen LogP contribution in [0.3, 0.4) is 0 Å². The molecule has 0 saturated carbocycles. The second-order valence-corrected chi connectivity index (χ2v) is 6.40. The molecule has 1 aliphatic heterocycles. The lowest BCUT2D eigenvalue weighted by Gasteiger charge is -2.18. The molecule has 1 aliphatic rings. The Balaban J connectivity index is 1.51. The number of carbonyl (C=O) groups excluding carboxylic acids is 1. The van der Waals surface area contributed by atoms with Crippen LogP contribution in [-0.2, 0) is 0 Å². The predicted octanol–water partition coefficient (Wildman–Crippen LogP) is 3.86. The van der Waals surface area contributed by atoms with E-state index in [0.717, 1.165) is 10.0 Å². The van der Waals surface area contributed by atoms with Gasteiger partial charge in [-0.1, -0.05) is 28.1 Å². The average molecular weight is 400 g/mol. The summed E-state index contributed by atoms with van der Waals surface area (Å²) in [5, 5.41) is 9.80. The molecule has 1 aromatic heterocycles. The zero-order valence-corrected chi connectivity index (χ0v) is 14.7. The third-order valence-electron chi connectivity index (χ3n) is 3.76. The first-order valence-electron chi connectivity index (χ1n) is 7.71. The van der Waals surface area contributed by atoms with Crippen LogP contribution in [0.25, 0.3) is 11.3 Å². The molecule has 4 rings (SSSR count). The number of ether oxygens (including phenoxy) is 2. The number of amides is 1. The highest BCUT2D eigenvalue weighted by Crippen LogP contribution is 2.32. The standard InChI is InChI=1S/C18H14BrN3O3/c19-12-3-1-11(2-4-12)14-10-15(22-21-14)18(23)20-13-5-6-16-17(9-13)25-8-7-24-16/h1-6,9-10H,7-8H2,(H,20,23)(H,21,22). The lowest BCUT2D eigenvalue weighted by Crippen LogP contribution is -2.16. The van der Waals surface area contributed by atoms with Crippen molar-refractivity contribution in [3.63, 3.8) is 0 Å². The molecule has 0 atom stereocenters. The first-order valence-corrected chi connectivity index (χ1v) is 8.51. The molecule has 3 aromatic rings. The van der Waals surface area contributed by atoms with Gasteiger partial charge in [0.05, 0.1) is 5.69 Å². The van der Waals surface area contributed by atoms with Crippen molar-refractivity contribution >= 4 is 27.5 Å². The molecule has 0 radical (unpaired) electrons. The second-order valence-electron chi connectivity index (χ2n) is 5.49. The molecule has 0 unspecified atom stereocenters. The highest BCUT2D eigenvalue weighted by Gasteiger charge is 2.15. The van der Waals surface area contributed by atoms with Gasteiger partial charge in [0, 0.05) is 21.8 Å². The number of anilines is 1. The van der Waals surface area contributed by atoms with Gasteiger partial charge in [-0.05, 0) is 30.3 Å². The number of hydrogen-bond acceptors (Lipinski definition) is 4. The van der Waals surface area contributed by atoms with Crippen molar-refractivity contribution in [3.05, 3.63) is 58.7 Å². The van der Waals surface area contributed by atoms with Gasteiger partial charge in [-0.3, -0.25) is 9.89 Å². The molecule has 0 fully saturated rings. The summed E-state index contributed by atoms with van der Waals surface area (Å²) in [4.78, 5) is 12.4. The average Bonchev–Trinajstić information content (AvgIpc) is 3.12. The number of carbonyl (C=O) groups is 1. The number of hydrogen-bond donors (Lipinski definition) is 2. The maximum Gasteiger partial charge on any atom is 0.273 e. The molecular formula is C18H14BrN3O3. The second kappa shape index (κ2) is 6.60. The molecule has 2 N–H and O–H groups in total. The zero-order chi connectivity index (χ0) is 17.2. The maximum absolute atomic E-state index is 12.4. The van der Waals surface area contributed by atoms with Crippen LogP contribution in [0.2, 0.25) is 0 Å². The van der Waals surface area contributed by atoms with Crippen molar-refractivity contribution in [1.82, 2.24) is 10.2 Å². The largest absolute Gasteiger partial charge is 0.486 e. The van der Waals surface area contributed by atoms with Gasteiger partial charge in [-0.15, -0.1) is 0 Å². The van der Waals surface area contributed by atoms with E-state index in [4.69, 9.17) is 9.47 Å². The summed E-state index contributed by atoms with van der Waals surface area (Å²) in [6, 6.07) is 14.8. The van der Waals surface area contributed by atoms with Gasteiger partial charge < -0.3 is 14.8 Å². The quantitative estimate of drug-likeness (QED) is 0.700. The monoisotopic (exact) mass is 399 g/mol. The molecule has 0 saturated heterocycles. The van der Waals surface area contributed by atoms with E-state index in [2.05, 4.69) is 31.4 Å². The van der Waals surface area contributed by atoms with E-state index < -0.39 is 0 Å². The number of nitrogens with zero attached hydrogens (tertiary/aromatic N) is 1. The number of rotatable bonds is 3. The Hall–Kier alpha value is -2.80. The van der Waals surface area contributed by atoms with Crippen molar-refractivity contribution in [2.75, 3.05) is 18.5 Å². The van der Waals surface area contributed by atoms with Gasteiger partial charge in [0.2, 0.25) is 0 Å². The van der Waals surface area contributed by atoms with Crippen LogP contribution in [0.4, 0.5) is 5.69 Å². The Bertz CT molecular complexity index is 922. The van der Waals surface area contributed by atoms with E-state index in [-0.39, 0.29) is 5.91 Å². The Labute approximate surface area is 152 Å². The summed E-state index contributed by atoms with van der Waals surface area (Å²) in [6.07, 6.45) is 0. The highest BCUT2D eigenvalue weighted by atomic mass is 79.9. The topological polar surface area (TPSA) is 76.2 Å². The normalized spacial score (nSPS) is 12.7. The molecule has 0 bridgehead atoms. The number of benzene rings is 2. The molecule has 2 heterocycles. The highest BCUT2D eigenvalue weighted by molar-refractivity contribution is 9.10. The molecule has 7 heteroatoms. The van der Waals surface area contributed by atoms with Crippen molar-refractivity contribution in [3.8, 4) is 22.8 Å². The zero-order valence-electron chi connectivity index (χ0n) is 13.1. The van der Waals surface area contributed by atoms with Crippen molar-refractivity contribution in [1.29, 1.82) is 0 Å². The van der Waals surface area contributed by atoms with E-state index in [1.807, 2.05) is 24.3 Å². The molecule has 2 aromatic carbocycles. The predicted molar refractivity (Wildman–Crippen MR) is 97.1 cm³/mol.